The molecule has 2 heterocycles. The highest BCUT2D eigenvalue weighted by Gasteiger charge is 2.18. The Morgan fingerprint density at radius 1 is 0.706 bits per heavy atom. The summed E-state index contributed by atoms with van der Waals surface area (Å²) in [6, 6.07) is 0. The third-order valence-electron chi connectivity index (χ3n) is 4.12. The minimum atomic E-state index is 0.817. The van der Waals surface area contributed by atoms with Gasteiger partial charge in [0.05, 0.1) is 0 Å². The van der Waals surface area contributed by atoms with E-state index in [-0.39, 0.29) is 0 Å². The van der Waals surface area contributed by atoms with Gasteiger partial charge in [0.15, 0.2) is 0 Å². The average molecular weight is 242 g/mol. The first kappa shape index (κ1) is 15.0. The highest BCUT2D eigenvalue weighted by molar-refractivity contribution is 4.66. The summed E-state index contributed by atoms with van der Waals surface area (Å²) in [7, 11) is 0. The Bertz CT molecular complexity index is 177. The largest absolute Gasteiger partial charge is 0.381 e. The van der Waals surface area contributed by atoms with Gasteiger partial charge in [0.1, 0.15) is 0 Å². The van der Waals surface area contributed by atoms with Gasteiger partial charge in [-0.15, -0.1) is 0 Å². The van der Waals surface area contributed by atoms with Crippen LogP contribution < -0.4 is 0 Å². The molecule has 1 atom stereocenters. The van der Waals surface area contributed by atoms with Crippen molar-refractivity contribution in [2.75, 3.05) is 26.4 Å². The second kappa shape index (κ2) is 8.10. The monoisotopic (exact) mass is 242 g/mol. The second-order valence-electron chi connectivity index (χ2n) is 6.06. The SMILES string of the molecule is CC(C)C1CCOC1.CC(C)C1CCOCC1. The summed E-state index contributed by atoms with van der Waals surface area (Å²) >= 11 is 0. The van der Waals surface area contributed by atoms with Gasteiger partial charge < -0.3 is 9.47 Å². The molecule has 0 spiro atoms. The Kier molecular flexibility index (Phi) is 7.14. The zero-order chi connectivity index (χ0) is 12.7. The van der Waals surface area contributed by atoms with Crippen molar-refractivity contribution >= 4 is 0 Å². The number of rotatable bonds is 2. The predicted molar refractivity (Wildman–Crippen MR) is 72.1 cm³/mol. The van der Waals surface area contributed by atoms with Crippen LogP contribution in [0.25, 0.3) is 0 Å². The molecule has 0 aliphatic carbocycles. The summed E-state index contributed by atoms with van der Waals surface area (Å²) in [6.45, 7) is 13.1. The van der Waals surface area contributed by atoms with Crippen LogP contribution in [0.1, 0.15) is 47.0 Å². The van der Waals surface area contributed by atoms with Crippen molar-refractivity contribution < 1.29 is 9.47 Å². The molecule has 0 aromatic heterocycles. The fourth-order valence-electron chi connectivity index (χ4n) is 2.46. The highest BCUT2D eigenvalue weighted by Crippen LogP contribution is 2.22. The lowest BCUT2D eigenvalue weighted by Gasteiger charge is -2.24. The molecule has 2 aliphatic heterocycles. The second-order valence-corrected chi connectivity index (χ2v) is 6.06. The molecule has 2 saturated heterocycles. The number of hydrogen-bond donors (Lipinski definition) is 0. The summed E-state index contributed by atoms with van der Waals surface area (Å²) < 4.78 is 10.5. The molecule has 2 fully saturated rings. The Morgan fingerprint density at radius 3 is 1.47 bits per heavy atom. The van der Waals surface area contributed by atoms with Crippen molar-refractivity contribution in [2.24, 2.45) is 23.7 Å². The zero-order valence-corrected chi connectivity index (χ0v) is 12.1. The minimum absolute atomic E-state index is 0.817. The van der Waals surface area contributed by atoms with E-state index in [4.69, 9.17) is 9.47 Å². The topological polar surface area (TPSA) is 18.5 Å². The van der Waals surface area contributed by atoms with Crippen molar-refractivity contribution in [3.05, 3.63) is 0 Å². The molecule has 102 valence electrons. The molecule has 0 aromatic carbocycles. The lowest BCUT2D eigenvalue weighted by Crippen LogP contribution is -2.19. The normalized spacial score (nSPS) is 26.1. The quantitative estimate of drug-likeness (QED) is 0.734. The number of ether oxygens (including phenoxy) is 2. The maximum absolute atomic E-state index is 5.25. The average Bonchev–Trinajstić information content (AvgIpc) is 2.84. The predicted octanol–water partition coefficient (Wildman–Crippen LogP) is 3.75. The van der Waals surface area contributed by atoms with E-state index in [1.165, 1.54) is 19.3 Å². The molecule has 2 rings (SSSR count). The van der Waals surface area contributed by atoms with Crippen molar-refractivity contribution in [3.8, 4) is 0 Å². The summed E-state index contributed by atoms with van der Waals surface area (Å²) in [5.74, 6) is 3.44. The standard InChI is InChI=1S/C8H16O.C7H14O/c1-7(2)8-3-5-9-6-4-8;1-6(2)7-3-4-8-5-7/h7-8H,3-6H2,1-2H3;6-7H,3-5H2,1-2H3. The van der Waals surface area contributed by atoms with Crippen LogP contribution >= 0.6 is 0 Å². The van der Waals surface area contributed by atoms with E-state index in [0.717, 1.165) is 50.1 Å². The van der Waals surface area contributed by atoms with Crippen molar-refractivity contribution in [1.82, 2.24) is 0 Å². The van der Waals surface area contributed by atoms with Crippen molar-refractivity contribution in [1.29, 1.82) is 0 Å². The van der Waals surface area contributed by atoms with Crippen molar-refractivity contribution in [3.63, 3.8) is 0 Å². The molecule has 17 heavy (non-hydrogen) atoms. The molecule has 0 N–H and O–H groups in total. The van der Waals surface area contributed by atoms with Crippen LogP contribution in [0.4, 0.5) is 0 Å². The molecule has 2 nitrogen and oxygen atoms in total. The lowest BCUT2D eigenvalue weighted by molar-refractivity contribution is 0.0523. The molecule has 2 aliphatic rings. The Morgan fingerprint density at radius 2 is 1.18 bits per heavy atom. The van der Waals surface area contributed by atoms with Gasteiger partial charge in [0.25, 0.3) is 0 Å². The molecular formula is C15H30O2. The molecule has 0 saturated carbocycles. The lowest BCUT2D eigenvalue weighted by atomic mass is 9.89. The maximum Gasteiger partial charge on any atom is 0.0497 e. The molecule has 0 radical (unpaired) electrons. The van der Waals surface area contributed by atoms with Crippen LogP contribution in [0.15, 0.2) is 0 Å². The van der Waals surface area contributed by atoms with Gasteiger partial charge >= 0.3 is 0 Å². The molecule has 0 aromatic rings. The van der Waals surface area contributed by atoms with Gasteiger partial charge in [-0.3, -0.25) is 0 Å². The maximum atomic E-state index is 5.25. The van der Waals surface area contributed by atoms with Crippen LogP contribution in [-0.4, -0.2) is 26.4 Å². The van der Waals surface area contributed by atoms with E-state index in [9.17, 15) is 0 Å². The smallest absolute Gasteiger partial charge is 0.0497 e. The highest BCUT2D eigenvalue weighted by atomic mass is 16.5. The minimum Gasteiger partial charge on any atom is -0.381 e. The molecular weight excluding hydrogens is 212 g/mol. The van der Waals surface area contributed by atoms with Gasteiger partial charge in [-0.1, -0.05) is 27.7 Å². The van der Waals surface area contributed by atoms with Gasteiger partial charge in [0.2, 0.25) is 0 Å². The van der Waals surface area contributed by atoms with Gasteiger partial charge in [-0.2, -0.15) is 0 Å². The fraction of sp³-hybridized carbons (Fsp3) is 1.00. The summed E-state index contributed by atoms with van der Waals surface area (Å²) in [5, 5.41) is 0. The summed E-state index contributed by atoms with van der Waals surface area (Å²) in [4.78, 5) is 0. The van der Waals surface area contributed by atoms with Crippen LogP contribution in [-0.2, 0) is 9.47 Å². The Balaban J connectivity index is 0.000000171. The van der Waals surface area contributed by atoms with Gasteiger partial charge in [-0.25, -0.2) is 0 Å². The Hall–Kier alpha value is -0.0800. The van der Waals surface area contributed by atoms with E-state index >= 15 is 0 Å². The van der Waals surface area contributed by atoms with Crippen molar-refractivity contribution in [2.45, 2.75) is 47.0 Å². The van der Waals surface area contributed by atoms with E-state index in [0.29, 0.717) is 0 Å². The Labute approximate surface area is 107 Å². The first-order chi connectivity index (χ1) is 8.11. The van der Waals surface area contributed by atoms with Crippen LogP contribution in [0.5, 0.6) is 0 Å². The van der Waals surface area contributed by atoms with Crippen LogP contribution in [0.3, 0.4) is 0 Å². The van der Waals surface area contributed by atoms with E-state index in [1.807, 2.05) is 0 Å². The van der Waals surface area contributed by atoms with Crippen LogP contribution in [0.2, 0.25) is 0 Å². The van der Waals surface area contributed by atoms with E-state index < -0.39 is 0 Å². The van der Waals surface area contributed by atoms with Crippen LogP contribution in [0, 0.1) is 23.7 Å². The van der Waals surface area contributed by atoms with Gasteiger partial charge in [-0.05, 0) is 42.9 Å². The molecule has 0 bridgehead atoms. The third-order valence-corrected chi connectivity index (χ3v) is 4.12. The summed E-state index contributed by atoms with van der Waals surface area (Å²) in [5.41, 5.74) is 0. The zero-order valence-electron chi connectivity index (χ0n) is 12.1. The first-order valence-electron chi connectivity index (χ1n) is 7.26. The molecule has 2 heteroatoms. The number of hydrogen-bond acceptors (Lipinski definition) is 2. The third kappa shape index (κ3) is 5.87. The first-order valence-corrected chi connectivity index (χ1v) is 7.26. The van der Waals surface area contributed by atoms with E-state index in [2.05, 4.69) is 27.7 Å². The molecule has 1 unspecified atom stereocenters. The molecule has 0 amide bonds. The summed E-state index contributed by atoms with van der Waals surface area (Å²) in [6.07, 6.45) is 3.83. The van der Waals surface area contributed by atoms with Gasteiger partial charge in [0, 0.05) is 26.4 Å². The van der Waals surface area contributed by atoms with E-state index in [1.54, 1.807) is 0 Å². The fourth-order valence-corrected chi connectivity index (χ4v) is 2.46.